The van der Waals surface area contributed by atoms with Crippen LogP contribution in [-0.2, 0) is 0 Å². The van der Waals surface area contributed by atoms with Crippen LogP contribution in [0.2, 0.25) is 0 Å². The van der Waals surface area contributed by atoms with Crippen molar-refractivity contribution in [3.05, 3.63) is 0 Å². The Labute approximate surface area is 47.5 Å². The summed E-state index contributed by atoms with van der Waals surface area (Å²) < 4.78 is 0. The molecule has 0 atom stereocenters. The first-order valence-electron chi connectivity index (χ1n) is 2.31. The predicted octanol–water partition coefficient (Wildman–Crippen LogP) is -0.408. The standard InChI is InChI=1S/C4H9B2N/c1-3(2)4(5,6)7/h3H,7H2,1-2H3. The van der Waals surface area contributed by atoms with Crippen molar-refractivity contribution in [2.45, 2.75) is 19.2 Å². The van der Waals surface area contributed by atoms with Crippen molar-refractivity contribution < 1.29 is 0 Å². The molecule has 0 saturated heterocycles. The fourth-order valence-electron chi connectivity index (χ4n) is 0. The summed E-state index contributed by atoms with van der Waals surface area (Å²) in [5, 5.41) is -1.00. The topological polar surface area (TPSA) is 26.0 Å². The molecule has 0 aliphatic heterocycles. The molecule has 0 saturated carbocycles. The summed E-state index contributed by atoms with van der Waals surface area (Å²) in [6.07, 6.45) is 0. The Morgan fingerprint density at radius 1 is 1.43 bits per heavy atom. The van der Waals surface area contributed by atoms with E-state index in [-0.39, 0.29) is 5.92 Å². The number of hydrogen-bond donors (Lipinski definition) is 1. The third kappa shape index (κ3) is 2.75. The van der Waals surface area contributed by atoms with Gasteiger partial charge in [-0.1, -0.05) is 19.2 Å². The molecule has 36 valence electrons. The normalized spacial score (nSPS) is 12.6. The van der Waals surface area contributed by atoms with E-state index < -0.39 is 5.34 Å². The van der Waals surface area contributed by atoms with Crippen LogP contribution in [0.3, 0.4) is 0 Å². The molecule has 0 fully saturated rings. The average molecular weight is 92.7 g/mol. The van der Waals surface area contributed by atoms with Crippen LogP contribution in [0.1, 0.15) is 13.8 Å². The highest BCUT2D eigenvalue weighted by Crippen LogP contribution is 2.02. The Bertz CT molecular complexity index is 55.2. The average Bonchev–Trinajstić information content (AvgIpc) is 1.31. The van der Waals surface area contributed by atoms with Crippen molar-refractivity contribution in [3.63, 3.8) is 0 Å². The van der Waals surface area contributed by atoms with Gasteiger partial charge in [0.1, 0.15) is 0 Å². The lowest BCUT2D eigenvalue weighted by atomic mass is 9.57. The maximum absolute atomic E-state index is 5.23. The highest BCUT2D eigenvalue weighted by Gasteiger charge is 2.13. The van der Waals surface area contributed by atoms with E-state index in [1.807, 2.05) is 13.8 Å². The number of nitrogens with two attached hydrogens (primary N) is 1. The summed E-state index contributed by atoms with van der Waals surface area (Å²) in [5.74, 6) is 0.132. The summed E-state index contributed by atoms with van der Waals surface area (Å²) in [5.41, 5.74) is 5.23. The molecule has 0 heterocycles. The van der Waals surface area contributed by atoms with Crippen molar-refractivity contribution in [1.82, 2.24) is 0 Å². The lowest BCUT2D eigenvalue weighted by molar-refractivity contribution is 0.565. The second kappa shape index (κ2) is 1.91. The van der Waals surface area contributed by atoms with Crippen LogP contribution in [0.5, 0.6) is 0 Å². The van der Waals surface area contributed by atoms with Gasteiger partial charge in [-0.3, -0.25) is 0 Å². The summed E-state index contributed by atoms with van der Waals surface area (Å²) >= 11 is 0. The molecule has 4 radical (unpaired) electrons. The Kier molecular flexibility index (Phi) is 1.93. The zero-order chi connectivity index (χ0) is 6.08. The first kappa shape index (κ1) is 7.09. The zero-order valence-electron chi connectivity index (χ0n) is 4.81. The molecule has 0 bridgehead atoms. The van der Waals surface area contributed by atoms with E-state index in [9.17, 15) is 0 Å². The molecule has 2 N–H and O–H groups in total. The largest absolute Gasteiger partial charge is 0.341 e. The Hall–Kier alpha value is 0.0899. The van der Waals surface area contributed by atoms with E-state index in [0.29, 0.717) is 0 Å². The second-order valence-electron chi connectivity index (χ2n) is 2.15. The van der Waals surface area contributed by atoms with Gasteiger partial charge in [-0.15, -0.1) is 0 Å². The second-order valence-corrected chi connectivity index (χ2v) is 2.15. The van der Waals surface area contributed by atoms with E-state index in [1.54, 1.807) is 0 Å². The van der Waals surface area contributed by atoms with Crippen LogP contribution in [-0.4, -0.2) is 21.0 Å². The molecule has 0 rings (SSSR count). The monoisotopic (exact) mass is 93.1 g/mol. The predicted molar refractivity (Wildman–Crippen MR) is 33.3 cm³/mol. The highest BCUT2D eigenvalue weighted by molar-refractivity contribution is 6.39. The minimum Gasteiger partial charge on any atom is -0.341 e. The van der Waals surface area contributed by atoms with Crippen molar-refractivity contribution in [2.24, 2.45) is 11.7 Å². The van der Waals surface area contributed by atoms with Gasteiger partial charge in [0.15, 0.2) is 0 Å². The third-order valence-electron chi connectivity index (χ3n) is 1.00. The van der Waals surface area contributed by atoms with Gasteiger partial charge in [0, 0.05) is 0 Å². The molecule has 1 nitrogen and oxygen atoms in total. The van der Waals surface area contributed by atoms with Gasteiger partial charge in [-0.2, -0.15) is 0 Å². The summed E-state index contributed by atoms with van der Waals surface area (Å²) in [7, 11) is 10.5. The van der Waals surface area contributed by atoms with Crippen molar-refractivity contribution >= 4 is 15.7 Å². The Morgan fingerprint density at radius 3 is 1.57 bits per heavy atom. The Balaban J connectivity index is 3.54. The SMILES string of the molecule is [B]C([B])(N)C(C)C. The van der Waals surface area contributed by atoms with Crippen molar-refractivity contribution in [2.75, 3.05) is 0 Å². The fourth-order valence-corrected chi connectivity index (χ4v) is 0. The molecule has 0 aromatic heterocycles. The molecule has 0 aromatic carbocycles. The third-order valence-corrected chi connectivity index (χ3v) is 1.00. The van der Waals surface area contributed by atoms with Gasteiger partial charge < -0.3 is 5.73 Å². The molecule has 0 aliphatic rings. The zero-order valence-corrected chi connectivity index (χ0v) is 4.81. The van der Waals surface area contributed by atoms with Crippen LogP contribution >= 0.6 is 0 Å². The van der Waals surface area contributed by atoms with Gasteiger partial charge in [0.05, 0.1) is 15.7 Å². The smallest absolute Gasteiger partial charge is 0.0820 e. The molecule has 0 amide bonds. The fraction of sp³-hybridized carbons (Fsp3) is 1.00. The summed E-state index contributed by atoms with van der Waals surface area (Å²) in [4.78, 5) is 0. The molecule has 7 heavy (non-hydrogen) atoms. The maximum Gasteiger partial charge on any atom is 0.0820 e. The van der Waals surface area contributed by atoms with Crippen molar-refractivity contribution in [1.29, 1.82) is 0 Å². The summed E-state index contributed by atoms with van der Waals surface area (Å²) in [6, 6.07) is 0. The van der Waals surface area contributed by atoms with E-state index in [0.717, 1.165) is 0 Å². The maximum atomic E-state index is 5.23. The lowest BCUT2D eigenvalue weighted by Gasteiger charge is -2.23. The molecular formula is C4H9B2N. The highest BCUT2D eigenvalue weighted by atomic mass is 14.6. The summed E-state index contributed by atoms with van der Waals surface area (Å²) in [6.45, 7) is 3.75. The van der Waals surface area contributed by atoms with E-state index in [1.165, 1.54) is 0 Å². The quantitative estimate of drug-likeness (QED) is 0.438. The van der Waals surface area contributed by atoms with Gasteiger partial charge in [-0.05, 0) is 5.92 Å². The van der Waals surface area contributed by atoms with Crippen LogP contribution < -0.4 is 5.73 Å². The molecule has 0 spiro atoms. The van der Waals surface area contributed by atoms with Crippen LogP contribution in [0.4, 0.5) is 0 Å². The van der Waals surface area contributed by atoms with E-state index >= 15 is 0 Å². The molecule has 3 heteroatoms. The van der Waals surface area contributed by atoms with Gasteiger partial charge in [-0.25, -0.2) is 0 Å². The first-order chi connectivity index (χ1) is 2.94. The van der Waals surface area contributed by atoms with Crippen molar-refractivity contribution in [3.8, 4) is 0 Å². The Morgan fingerprint density at radius 2 is 1.57 bits per heavy atom. The van der Waals surface area contributed by atoms with Crippen LogP contribution in [0.15, 0.2) is 0 Å². The first-order valence-corrected chi connectivity index (χ1v) is 2.31. The van der Waals surface area contributed by atoms with Gasteiger partial charge in [0.25, 0.3) is 0 Å². The van der Waals surface area contributed by atoms with Gasteiger partial charge in [0.2, 0.25) is 0 Å². The lowest BCUT2D eigenvalue weighted by Crippen LogP contribution is -2.46. The molecule has 0 aromatic rings. The number of rotatable bonds is 1. The van der Waals surface area contributed by atoms with E-state index in [4.69, 9.17) is 21.4 Å². The minimum atomic E-state index is -1.00. The minimum absolute atomic E-state index is 0.132. The molecule has 0 aliphatic carbocycles. The molecular weight excluding hydrogens is 83.7 g/mol. The van der Waals surface area contributed by atoms with Crippen LogP contribution in [0.25, 0.3) is 0 Å². The number of hydrogen-bond acceptors (Lipinski definition) is 1. The molecule has 0 unspecified atom stereocenters. The van der Waals surface area contributed by atoms with E-state index in [2.05, 4.69) is 0 Å². The van der Waals surface area contributed by atoms with Gasteiger partial charge >= 0.3 is 0 Å². The van der Waals surface area contributed by atoms with Crippen LogP contribution in [0, 0.1) is 5.92 Å².